The first-order valence-electron chi connectivity index (χ1n) is 6.70. The van der Waals surface area contributed by atoms with Crippen molar-refractivity contribution < 1.29 is 4.79 Å². The first-order chi connectivity index (χ1) is 10.7. The van der Waals surface area contributed by atoms with E-state index < -0.39 is 0 Å². The summed E-state index contributed by atoms with van der Waals surface area (Å²) in [5.74, 6) is -0.114. The summed E-state index contributed by atoms with van der Waals surface area (Å²) in [5.41, 5.74) is 2.47. The molecule has 0 aliphatic carbocycles. The van der Waals surface area contributed by atoms with Crippen molar-refractivity contribution in [2.75, 3.05) is 0 Å². The molecule has 0 spiro atoms. The molecule has 22 heavy (non-hydrogen) atoms. The van der Waals surface area contributed by atoms with Crippen LogP contribution in [0.2, 0.25) is 0 Å². The van der Waals surface area contributed by atoms with Gasteiger partial charge in [-0.2, -0.15) is 5.10 Å². The van der Waals surface area contributed by atoms with Gasteiger partial charge >= 0.3 is 0 Å². The van der Waals surface area contributed by atoms with Gasteiger partial charge in [0.25, 0.3) is 5.91 Å². The lowest BCUT2D eigenvalue weighted by molar-refractivity contribution is 0.0951. The van der Waals surface area contributed by atoms with Crippen LogP contribution in [0.4, 0.5) is 0 Å². The lowest BCUT2D eigenvalue weighted by Crippen LogP contribution is -2.22. The van der Waals surface area contributed by atoms with Gasteiger partial charge in [0.1, 0.15) is 0 Å². The predicted octanol–water partition coefficient (Wildman–Crippen LogP) is 2.96. The maximum absolute atomic E-state index is 12.1. The number of carbonyl (C=O) groups is 1. The van der Waals surface area contributed by atoms with E-state index in [1.165, 1.54) is 0 Å². The minimum absolute atomic E-state index is 0.114. The third kappa shape index (κ3) is 3.40. The van der Waals surface area contributed by atoms with Crippen molar-refractivity contribution in [2.45, 2.75) is 6.54 Å². The zero-order chi connectivity index (χ0) is 15.4. The van der Waals surface area contributed by atoms with E-state index in [-0.39, 0.29) is 5.91 Å². The van der Waals surface area contributed by atoms with Crippen LogP contribution in [0.5, 0.6) is 0 Å². The molecule has 0 saturated heterocycles. The van der Waals surface area contributed by atoms with E-state index in [2.05, 4.69) is 31.3 Å². The number of nitrogens with one attached hydrogen (secondary N) is 1. The predicted molar refractivity (Wildman–Crippen MR) is 86.7 cm³/mol. The number of pyridine rings is 1. The van der Waals surface area contributed by atoms with Gasteiger partial charge < -0.3 is 5.32 Å². The van der Waals surface area contributed by atoms with Gasteiger partial charge in [0.15, 0.2) is 0 Å². The minimum atomic E-state index is -0.114. The Morgan fingerprint density at radius 1 is 1.18 bits per heavy atom. The molecular weight excluding hydrogens is 344 g/mol. The molecule has 0 bridgehead atoms. The molecule has 3 aromatic rings. The van der Waals surface area contributed by atoms with E-state index in [9.17, 15) is 4.79 Å². The zero-order valence-electron chi connectivity index (χ0n) is 11.6. The third-order valence-electron chi connectivity index (χ3n) is 3.12. The SMILES string of the molecule is O=C(NCc1cccnc1)c1ccc(-n2cc(Br)cn2)cc1. The molecule has 2 aromatic heterocycles. The first-order valence-corrected chi connectivity index (χ1v) is 7.49. The molecule has 1 amide bonds. The summed E-state index contributed by atoms with van der Waals surface area (Å²) in [6.07, 6.45) is 7.02. The number of rotatable bonds is 4. The second-order valence-electron chi connectivity index (χ2n) is 4.69. The standard InChI is InChI=1S/C16H13BrN4O/c17-14-10-20-21(11-14)15-5-3-13(4-6-15)16(22)19-9-12-2-1-7-18-8-12/h1-8,10-11H,9H2,(H,19,22). The van der Waals surface area contributed by atoms with Crippen LogP contribution >= 0.6 is 15.9 Å². The molecule has 0 unspecified atom stereocenters. The van der Waals surface area contributed by atoms with Gasteiger partial charge in [-0.1, -0.05) is 6.07 Å². The number of halogens is 1. The summed E-state index contributed by atoms with van der Waals surface area (Å²) in [5, 5.41) is 7.07. The van der Waals surface area contributed by atoms with Gasteiger partial charge in [-0.05, 0) is 51.8 Å². The lowest BCUT2D eigenvalue weighted by atomic mass is 10.2. The smallest absolute Gasteiger partial charge is 0.251 e. The Balaban J connectivity index is 1.66. The molecule has 6 heteroatoms. The molecule has 0 aliphatic rings. The molecule has 0 fully saturated rings. The van der Waals surface area contributed by atoms with Gasteiger partial charge in [-0.3, -0.25) is 9.78 Å². The lowest BCUT2D eigenvalue weighted by Gasteiger charge is -2.06. The Morgan fingerprint density at radius 2 is 2.00 bits per heavy atom. The summed E-state index contributed by atoms with van der Waals surface area (Å²) in [4.78, 5) is 16.1. The summed E-state index contributed by atoms with van der Waals surface area (Å²) in [6.45, 7) is 0.459. The highest BCUT2D eigenvalue weighted by Gasteiger charge is 2.06. The van der Waals surface area contributed by atoms with Gasteiger partial charge in [0, 0.05) is 30.7 Å². The highest BCUT2D eigenvalue weighted by molar-refractivity contribution is 9.10. The Bertz CT molecular complexity index is 768. The minimum Gasteiger partial charge on any atom is -0.348 e. The van der Waals surface area contributed by atoms with Gasteiger partial charge in [-0.25, -0.2) is 4.68 Å². The Kier molecular flexibility index (Phi) is 4.29. The number of benzene rings is 1. The van der Waals surface area contributed by atoms with Crippen molar-refractivity contribution in [3.8, 4) is 5.69 Å². The Morgan fingerprint density at radius 3 is 2.64 bits per heavy atom. The second kappa shape index (κ2) is 6.53. The van der Waals surface area contributed by atoms with E-state index in [0.717, 1.165) is 15.7 Å². The van der Waals surface area contributed by atoms with Crippen LogP contribution in [0.25, 0.3) is 5.69 Å². The fourth-order valence-electron chi connectivity index (χ4n) is 1.99. The molecule has 2 heterocycles. The molecule has 0 saturated carbocycles. The number of aromatic nitrogens is 3. The fourth-order valence-corrected chi connectivity index (χ4v) is 2.28. The summed E-state index contributed by atoms with van der Waals surface area (Å²) in [6, 6.07) is 11.0. The summed E-state index contributed by atoms with van der Waals surface area (Å²) < 4.78 is 2.65. The first kappa shape index (κ1) is 14.5. The van der Waals surface area contributed by atoms with Gasteiger partial charge in [0.05, 0.1) is 16.4 Å². The molecule has 0 aliphatic heterocycles. The molecule has 110 valence electrons. The van der Waals surface area contributed by atoms with E-state index in [0.29, 0.717) is 12.1 Å². The average molecular weight is 357 g/mol. The summed E-state index contributed by atoms with van der Waals surface area (Å²) >= 11 is 3.36. The number of nitrogens with zero attached hydrogens (tertiary/aromatic N) is 3. The van der Waals surface area contributed by atoms with Crippen LogP contribution in [0.3, 0.4) is 0 Å². The monoisotopic (exact) mass is 356 g/mol. The number of amides is 1. The topological polar surface area (TPSA) is 59.8 Å². The van der Waals surface area contributed by atoms with Crippen molar-refractivity contribution >= 4 is 21.8 Å². The molecule has 1 aromatic carbocycles. The molecule has 0 atom stereocenters. The van der Waals surface area contributed by atoms with Crippen molar-refractivity contribution in [1.82, 2.24) is 20.1 Å². The third-order valence-corrected chi connectivity index (χ3v) is 3.53. The van der Waals surface area contributed by atoms with Crippen LogP contribution in [-0.4, -0.2) is 20.7 Å². The highest BCUT2D eigenvalue weighted by Crippen LogP contribution is 2.13. The second-order valence-corrected chi connectivity index (χ2v) is 5.61. The maximum atomic E-state index is 12.1. The van der Waals surface area contributed by atoms with Crippen molar-refractivity contribution in [3.05, 3.63) is 76.8 Å². The molecule has 3 rings (SSSR count). The quantitative estimate of drug-likeness (QED) is 0.781. The van der Waals surface area contributed by atoms with Crippen molar-refractivity contribution in [1.29, 1.82) is 0 Å². The van der Waals surface area contributed by atoms with Gasteiger partial charge in [0.2, 0.25) is 0 Å². The van der Waals surface area contributed by atoms with Crippen molar-refractivity contribution in [3.63, 3.8) is 0 Å². The molecule has 1 N–H and O–H groups in total. The largest absolute Gasteiger partial charge is 0.348 e. The van der Waals surface area contributed by atoms with Crippen LogP contribution in [0.1, 0.15) is 15.9 Å². The fraction of sp³-hybridized carbons (Fsp3) is 0.0625. The maximum Gasteiger partial charge on any atom is 0.251 e. The van der Waals surface area contributed by atoms with Crippen LogP contribution in [0, 0.1) is 0 Å². The summed E-state index contributed by atoms with van der Waals surface area (Å²) in [7, 11) is 0. The van der Waals surface area contributed by atoms with E-state index >= 15 is 0 Å². The molecular formula is C16H13BrN4O. The Hall–Kier alpha value is -2.47. The normalized spacial score (nSPS) is 10.4. The van der Waals surface area contributed by atoms with Crippen LogP contribution in [0.15, 0.2) is 65.7 Å². The van der Waals surface area contributed by atoms with E-state index in [4.69, 9.17) is 0 Å². The number of hydrogen-bond acceptors (Lipinski definition) is 3. The van der Waals surface area contributed by atoms with E-state index in [1.807, 2.05) is 30.5 Å². The average Bonchev–Trinajstić information content (AvgIpc) is 3.00. The van der Waals surface area contributed by atoms with Crippen molar-refractivity contribution in [2.24, 2.45) is 0 Å². The number of carbonyl (C=O) groups excluding carboxylic acids is 1. The highest BCUT2D eigenvalue weighted by atomic mass is 79.9. The Labute approximate surface area is 136 Å². The van der Waals surface area contributed by atoms with E-state index in [1.54, 1.807) is 35.4 Å². The molecule has 0 radical (unpaired) electrons. The number of hydrogen-bond donors (Lipinski definition) is 1. The van der Waals surface area contributed by atoms with Gasteiger partial charge in [-0.15, -0.1) is 0 Å². The zero-order valence-corrected chi connectivity index (χ0v) is 13.2. The molecule has 5 nitrogen and oxygen atoms in total. The van der Waals surface area contributed by atoms with Crippen LogP contribution in [-0.2, 0) is 6.54 Å². The van der Waals surface area contributed by atoms with Crippen LogP contribution < -0.4 is 5.32 Å².